The second-order valence-corrected chi connectivity index (χ2v) is 9.53. The summed E-state index contributed by atoms with van der Waals surface area (Å²) >= 11 is 0. The maximum Gasteiger partial charge on any atom is 0.249 e. The van der Waals surface area contributed by atoms with Crippen LogP contribution in [0.15, 0.2) is 48.8 Å². The van der Waals surface area contributed by atoms with Crippen LogP contribution in [0.2, 0.25) is 0 Å². The lowest BCUT2D eigenvalue weighted by Crippen LogP contribution is -2.53. The summed E-state index contributed by atoms with van der Waals surface area (Å²) in [5, 5.41) is 26.3. The summed E-state index contributed by atoms with van der Waals surface area (Å²) in [5.74, 6) is -1.45. The van der Waals surface area contributed by atoms with Gasteiger partial charge >= 0.3 is 0 Å². The molecule has 4 aromatic rings. The van der Waals surface area contributed by atoms with E-state index in [9.17, 15) is 24.6 Å². The summed E-state index contributed by atoms with van der Waals surface area (Å²) in [6, 6.07) is 7.66. The molecule has 0 aliphatic carbocycles. The number of amides is 3. The first-order valence-electron chi connectivity index (χ1n) is 12.7. The minimum atomic E-state index is -1.04. The fraction of sp³-hybridized carbons (Fsp3) is 0.321. The summed E-state index contributed by atoms with van der Waals surface area (Å²) in [7, 11) is 0. The maximum atomic E-state index is 13.2. The molecule has 2 unspecified atom stereocenters. The van der Waals surface area contributed by atoms with Crippen molar-refractivity contribution < 1.29 is 24.6 Å². The lowest BCUT2D eigenvalue weighted by Gasteiger charge is -2.19. The van der Waals surface area contributed by atoms with Crippen molar-refractivity contribution in [2.24, 2.45) is 5.73 Å². The van der Waals surface area contributed by atoms with Gasteiger partial charge in [-0.25, -0.2) is 0 Å². The standard InChI is InChI=1S/C28H33N5O5/c1-2-3-4-5-26(36)32-25(11-17-15-31-24-9-7-19(35)13-21(17)24)28(38)33-27(37)22(29)10-16-14-30-23-8-6-18(34)12-20(16)23/h6-9,12-15,22,25,30-31,34-35H,2-5,10-11,29H2,1H3,(H,32,36)(H,33,37,38). The van der Waals surface area contributed by atoms with Crippen LogP contribution >= 0.6 is 0 Å². The molecule has 0 spiro atoms. The quantitative estimate of drug-likeness (QED) is 0.150. The number of imide groups is 1. The van der Waals surface area contributed by atoms with Crippen molar-refractivity contribution in [3.63, 3.8) is 0 Å². The molecule has 0 bridgehead atoms. The minimum Gasteiger partial charge on any atom is -0.508 e. The third-order valence-electron chi connectivity index (χ3n) is 6.61. The smallest absolute Gasteiger partial charge is 0.249 e. The topological polar surface area (TPSA) is 173 Å². The number of nitrogens with two attached hydrogens (primary N) is 1. The number of nitrogens with one attached hydrogen (secondary N) is 4. The van der Waals surface area contributed by atoms with E-state index in [0.29, 0.717) is 17.4 Å². The number of phenolic OH excluding ortho intramolecular Hbond substituents is 2. The highest BCUT2D eigenvalue weighted by molar-refractivity contribution is 6.01. The van der Waals surface area contributed by atoms with Crippen molar-refractivity contribution in [1.82, 2.24) is 20.6 Å². The van der Waals surface area contributed by atoms with Crippen LogP contribution in [0.3, 0.4) is 0 Å². The molecule has 4 rings (SSSR count). The molecular weight excluding hydrogens is 486 g/mol. The average Bonchev–Trinajstić information content (AvgIpc) is 3.47. The molecule has 0 aliphatic heterocycles. The molecule has 2 heterocycles. The van der Waals surface area contributed by atoms with E-state index < -0.39 is 23.9 Å². The summed E-state index contributed by atoms with van der Waals surface area (Å²) in [6.45, 7) is 2.04. The van der Waals surface area contributed by atoms with E-state index in [1.165, 1.54) is 0 Å². The molecule has 2 aromatic heterocycles. The van der Waals surface area contributed by atoms with Gasteiger partial charge in [0.05, 0.1) is 6.04 Å². The van der Waals surface area contributed by atoms with Gasteiger partial charge in [0.1, 0.15) is 17.5 Å². The number of unbranched alkanes of at least 4 members (excludes halogenated alkanes) is 2. The number of rotatable bonds is 11. The fourth-order valence-electron chi connectivity index (χ4n) is 4.53. The number of aromatic amines is 2. The number of fused-ring (bicyclic) bond motifs is 2. The number of H-pyrrole nitrogens is 2. The van der Waals surface area contributed by atoms with Crippen LogP contribution in [-0.4, -0.2) is 50.0 Å². The number of benzene rings is 2. The van der Waals surface area contributed by atoms with E-state index in [0.717, 1.165) is 34.8 Å². The zero-order valence-corrected chi connectivity index (χ0v) is 21.2. The number of hydrogen-bond acceptors (Lipinski definition) is 6. The number of hydrogen-bond donors (Lipinski definition) is 7. The number of phenols is 2. The summed E-state index contributed by atoms with van der Waals surface area (Å²) in [5.41, 5.74) is 9.13. The van der Waals surface area contributed by atoms with E-state index >= 15 is 0 Å². The van der Waals surface area contributed by atoms with Crippen LogP contribution in [0.1, 0.15) is 43.7 Å². The van der Waals surface area contributed by atoms with Crippen molar-refractivity contribution in [3.05, 3.63) is 59.9 Å². The molecule has 0 fully saturated rings. The Labute approximate surface area is 219 Å². The van der Waals surface area contributed by atoms with E-state index in [2.05, 4.69) is 20.6 Å². The molecule has 0 saturated heterocycles. The van der Waals surface area contributed by atoms with Crippen LogP contribution in [0.5, 0.6) is 11.5 Å². The normalized spacial score (nSPS) is 12.9. The van der Waals surface area contributed by atoms with E-state index in [1.54, 1.807) is 48.8 Å². The van der Waals surface area contributed by atoms with Gasteiger partial charge in [0.15, 0.2) is 0 Å². The highest BCUT2D eigenvalue weighted by atomic mass is 16.3. The van der Waals surface area contributed by atoms with E-state index in [-0.39, 0.29) is 36.7 Å². The van der Waals surface area contributed by atoms with Crippen molar-refractivity contribution >= 4 is 39.5 Å². The molecule has 2 aromatic carbocycles. The molecule has 2 atom stereocenters. The first-order valence-corrected chi connectivity index (χ1v) is 12.7. The van der Waals surface area contributed by atoms with Crippen molar-refractivity contribution in [1.29, 1.82) is 0 Å². The molecule has 0 aliphatic rings. The number of aromatic nitrogens is 2. The number of aromatic hydroxyl groups is 2. The van der Waals surface area contributed by atoms with Gasteiger partial charge in [-0.15, -0.1) is 0 Å². The van der Waals surface area contributed by atoms with Gasteiger partial charge in [-0.05, 0) is 60.4 Å². The van der Waals surface area contributed by atoms with Gasteiger partial charge < -0.3 is 31.2 Å². The van der Waals surface area contributed by atoms with E-state index in [4.69, 9.17) is 5.73 Å². The van der Waals surface area contributed by atoms with Crippen LogP contribution in [0, 0.1) is 0 Å². The molecule has 10 nitrogen and oxygen atoms in total. The van der Waals surface area contributed by atoms with Crippen LogP contribution in [0.25, 0.3) is 21.8 Å². The monoisotopic (exact) mass is 519 g/mol. The van der Waals surface area contributed by atoms with Crippen molar-refractivity contribution in [2.75, 3.05) is 0 Å². The predicted molar refractivity (Wildman–Crippen MR) is 145 cm³/mol. The highest BCUT2D eigenvalue weighted by Crippen LogP contribution is 2.25. The van der Waals surface area contributed by atoms with Crippen LogP contribution < -0.4 is 16.4 Å². The Kier molecular flexibility index (Phi) is 8.32. The zero-order chi connectivity index (χ0) is 27.2. The fourth-order valence-corrected chi connectivity index (χ4v) is 4.53. The van der Waals surface area contributed by atoms with E-state index in [1.807, 2.05) is 6.92 Å². The van der Waals surface area contributed by atoms with Gasteiger partial charge in [0.2, 0.25) is 17.7 Å². The molecular formula is C28H33N5O5. The Morgan fingerprint density at radius 1 is 0.868 bits per heavy atom. The first kappa shape index (κ1) is 26.7. The second kappa shape index (κ2) is 11.8. The van der Waals surface area contributed by atoms with Gasteiger partial charge in [-0.2, -0.15) is 0 Å². The average molecular weight is 520 g/mol. The highest BCUT2D eigenvalue weighted by Gasteiger charge is 2.26. The zero-order valence-electron chi connectivity index (χ0n) is 21.2. The molecule has 8 N–H and O–H groups in total. The Balaban J connectivity index is 1.47. The lowest BCUT2D eigenvalue weighted by atomic mass is 10.0. The summed E-state index contributed by atoms with van der Waals surface area (Å²) in [6.07, 6.45) is 6.49. The summed E-state index contributed by atoms with van der Waals surface area (Å²) < 4.78 is 0. The molecule has 0 radical (unpaired) electrons. The largest absolute Gasteiger partial charge is 0.508 e. The second-order valence-electron chi connectivity index (χ2n) is 9.53. The third-order valence-corrected chi connectivity index (χ3v) is 6.61. The van der Waals surface area contributed by atoms with Crippen molar-refractivity contribution in [2.45, 2.75) is 57.5 Å². The summed E-state index contributed by atoms with van der Waals surface area (Å²) in [4.78, 5) is 44.8. The first-order chi connectivity index (χ1) is 18.2. The van der Waals surface area contributed by atoms with Gasteiger partial charge in [0.25, 0.3) is 0 Å². The SMILES string of the molecule is CCCCCC(=O)NC(Cc1c[nH]c2ccc(O)cc12)C(=O)NC(=O)C(N)Cc1c[nH]c2ccc(O)cc12. The molecule has 10 heteroatoms. The number of carbonyl (C=O) groups is 3. The Morgan fingerprint density at radius 3 is 2.03 bits per heavy atom. The minimum absolute atomic E-state index is 0.0784. The predicted octanol–water partition coefficient (Wildman–Crippen LogP) is 2.88. The number of carbonyl (C=O) groups excluding carboxylic acids is 3. The molecule has 38 heavy (non-hydrogen) atoms. The third kappa shape index (κ3) is 6.33. The molecule has 200 valence electrons. The Hall–Kier alpha value is -4.31. The molecule has 0 saturated carbocycles. The van der Waals surface area contributed by atoms with Crippen LogP contribution in [0.4, 0.5) is 0 Å². The van der Waals surface area contributed by atoms with Gasteiger partial charge in [0, 0.05) is 47.0 Å². The Morgan fingerprint density at radius 2 is 1.45 bits per heavy atom. The van der Waals surface area contributed by atoms with Crippen LogP contribution in [-0.2, 0) is 27.2 Å². The van der Waals surface area contributed by atoms with Gasteiger partial charge in [-0.1, -0.05) is 19.8 Å². The molecule has 3 amide bonds. The maximum absolute atomic E-state index is 13.2. The van der Waals surface area contributed by atoms with Gasteiger partial charge in [-0.3, -0.25) is 19.7 Å². The Bertz CT molecular complexity index is 1460. The van der Waals surface area contributed by atoms with Crippen molar-refractivity contribution in [3.8, 4) is 11.5 Å². The lowest BCUT2D eigenvalue weighted by molar-refractivity contribution is -0.134.